The summed E-state index contributed by atoms with van der Waals surface area (Å²) in [5.41, 5.74) is 0. The van der Waals surface area contributed by atoms with Crippen LogP contribution >= 0.6 is 0 Å². The Morgan fingerprint density at radius 2 is 1.10 bits per heavy atom. The van der Waals surface area contributed by atoms with Gasteiger partial charge in [0.05, 0.1) is 0 Å². The molecule has 0 aliphatic heterocycles. The van der Waals surface area contributed by atoms with Crippen LogP contribution in [0.5, 0.6) is 0 Å². The average molecular weight is 302 g/mol. The highest BCUT2D eigenvalue weighted by atomic mass is 16.4. The van der Waals surface area contributed by atoms with Crippen LogP contribution < -0.4 is 0 Å². The summed E-state index contributed by atoms with van der Waals surface area (Å²) in [4.78, 5) is 12.5. The van der Waals surface area contributed by atoms with Crippen LogP contribution in [0.4, 0.5) is 0 Å². The highest BCUT2D eigenvalue weighted by Gasteiger charge is 2.01. The molecule has 0 aliphatic carbocycles. The SMILES string of the molecule is CCCCCC(=O)O.CCCCN(CCCC)CCCC. The van der Waals surface area contributed by atoms with Crippen molar-refractivity contribution in [1.82, 2.24) is 4.90 Å². The van der Waals surface area contributed by atoms with Crippen molar-refractivity contribution < 1.29 is 9.90 Å². The lowest BCUT2D eigenvalue weighted by molar-refractivity contribution is -0.137. The number of carbonyl (C=O) groups is 1. The standard InChI is InChI=1S/C12H27N.C6H12O2/c1-4-7-10-13(11-8-5-2)12-9-6-3;1-2-3-4-5-6(7)8/h4-12H2,1-3H3;2-5H2,1H3,(H,7,8). The zero-order valence-electron chi connectivity index (χ0n) is 15.0. The van der Waals surface area contributed by atoms with E-state index >= 15 is 0 Å². The first kappa shape index (κ1) is 22.7. The molecule has 21 heavy (non-hydrogen) atoms. The minimum atomic E-state index is -0.682. The summed E-state index contributed by atoms with van der Waals surface area (Å²) in [6.07, 6.45) is 11.4. The largest absolute Gasteiger partial charge is 0.481 e. The first-order valence-corrected chi connectivity index (χ1v) is 9.06. The van der Waals surface area contributed by atoms with Crippen molar-refractivity contribution in [3.8, 4) is 0 Å². The summed E-state index contributed by atoms with van der Waals surface area (Å²) in [6, 6.07) is 0. The fraction of sp³-hybridized carbons (Fsp3) is 0.944. The van der Waals surface area contributed by atoms with Gasteiger partial charge < -0.3 is 10.0 Å². The summed E-state index contributed by atoms with van der Waals surface area (Å²) in [6.45, 7) is 12.8. The Bertz CT molecular complexity index is 188. The van der Waals surface area contributed by atoms with E-state index in [4.69, 9.17) is 5.11 Å². The van der Waals surface area contributed by atoms with E-state index in [1.807, 2.05) is 0 Å². The van der Waals surface area contributed by atoms with Crippen molar-refractivity contribution in [2.75, 3.05) is 19.6 Å². The lowest BCUT2D eigenvalue weighted by atomic mass is 10.2. The Morgan fingerprint density at radius 3 is 1.38 bits per heavy atom. The first-order chi connectivity index (χ1) is 10.1. The maximum Gasteiger partial charge on any atom is 0.303 e. The first-order valence-electron chi connectivity index (χ1n) is 9.06. The van der Waals surface area contributed by atoms with Crippen LogP contribution in [-0.2, 0) is 4.79 Å². The maximum absolute atomic E-state index is 9.87. The third-order valence-corrected chi connectivity index (χ3v) is 3.48. The predicted octanol–water partition coefficient (Wildman–Crippen LogP) is 5.34. The van der Waals surface area contributed by atoms with Gasteiger partial charge in [-0.15, -0.1) is 0 Å². The predicted molar refractivity (Wildman–Crippen MR) is 92.9 cm³/mol. The average Bonchev–Trinajstić information content (AvgIpc) is 2.47. The number of carboxylic acids is 1. The lowest BCUT2D eigenvalue weighted by Gasteiger charge is -2.21. The molecule has 0 aromatic rings. The molecule has 0 bridgehead atoms. The molecule has 0 aromatic heterocycles. The Labute approximate surface area is 133 Å². The number of carboxylic acid groups (broad SMARTS) is 1. The molecule has 0 spiro atoms. The second-order valence-electron chi connectivity index (χ2n) is 5.75. The molecule has 3 nitrogen and oxygen atoms in total. The zero-order valence-corrected chi connectivity index (χ0v) is 15.0. The molecule has 0 radical (unpaired) electrons. The summed E-state index contributed by atoms with van der Waals surface area (Å²) >= 11 is 0. The number of aliphatic carboxylic acids is 1. The molecule has 0 fully saturated rings. The third-order valence-electron chi connectivity index (χ3n) is 3.48. The maximum atomic E-state index is 9.87. The second-order valence-corrected chi connectivity index (χ2v) is 5.75. The number of hydrogen-bond acceptors (Lipinski definition) is 2. The van der Waals surface area contributed by atoms with Gasteiger partial charge in [0.2, 0.25) is 0 Å². The van der Waals surface area contributed by atoms with E-state index < -0.39 is 5.97 Å². The van der Waals surface area contributed by atoms with E-state index in [2.05, 4.69) is 32.6 Å². The smallest absolute Gasteiger partial charge is 0.303 e. The van der Waals surface area contributed by atoms with E-state index in [9.17, 15) is 4.79 Å². The van der Waals surface area contributed by atoms with E-state index in [-0.39, 0.29) is 0 Å². The van der Waals surface area contributed by atoms with Gasteiger partial charge in [0.15, 0.2) is 0 Å². The zero-order chi connectivity index (χ0) is 16.3. The van der Waals surface area contributed by atoms with Crippen molar-refractivity contribution in [2.24, 2.45) is 0 Å². The van der Waals surface area contributed by atoms with Crippen LogP contribution in [0.2, 0.25) is 0 Å². The Kier molecular flexibility index (Phi) is 21.0. The van der Waals surface area contributed by atoms with Crippen LogP contribution in [0.3, 0.4) is 0 Å². The van der Waals surface area contributed by atoms with Crippen LogP contribution in [0.25, 0.3) is 0 Å². The molecule has 0 unspecified atom stereocenters. The van der Waals surface area contributed by atoms with E-state index in [1.165, 1.54) is 58.2 Å². The molecule has 0 amide bonds. The highest BCUT2D eigenvalue weighted by Crippen LogP contribution is 2.01. The molecule has 0 saturated heterocycles. The van der Waals surface area contributed by atoms with Gasteiger partial charge in [-0.1, -0.05) is 59.8 Å². The van der Waals surface area contributed by atoms with Gasteiger partial charge in [0.25, 0.3) is 0 Å². The van der Waals surface area contributed by atoms with E-state index in [0.29, 0.717) is 6.42 Å². The van der Waals surface area contributed by atoms with Gasteiger partial charge in [0.1, 0.15) is 0 Å². The van der Waals surface area contributed by atoms with Crippen molar-refractivity contribution >= 4 is 5.97 Å². The van der Waals surface area contributed by atoms with Gasteiger partial charge in [0, 0.05) is 6.42 Å². The molecule has 0 saturated carbocycles. The quantitative estimate of drug-likeness (QED) is 0.467. The van der Waals surface area contributed by atoms with Crippen molar-refractivity contribution in [3.63, 3.8) is 0 Å². The molecule has 0 atom stereocenters. The Hall–Kier alpha value is -0.570. The fourth-order valence-corrected chi connectivity index (χ4v) is 2.01. The summed E-state index contributed by atoms with van der Waals surface area (Å²) in [7, 11) is 0. The normalized spacial score (nSPS) is 10.3. The molecule has 0 heterocycles. The third kappa shape index (κ3) is 21.9. The minimum absolute atomic E-state index is 0.327. The van der Waals surface area contributed by atoms with E-state index in [0.717, 1.165) is 19.3 Å². The number of rotatable bonds is 13. The number of unbranched alkanes of at least 4 members (excludes halogenated alkanes) is 5. The van der Waals surface area contributed by atoms with Crippen LogP contribution in [0.1, 0.15) is 91.9 Å². The van der Waals surface area contributed by atoms with Gasteiger partial charge in [-0.2, -0.15) is 0 Å². The van der Waals surface area contributed by atoms with Gasteiger partial charge >= 0.3 is 5.97 Å². The van der Waals surface area contributed by atoms with Crippen molar-refractivity contribution in [2.45, 2.75) is 91.9 Å². The van der Waals surface area contributed by atoms with Gasteiger partial charge in [-0.05, 0) is 45.3 Å². The molecule has 0 rings (SSSR count). The topological polar surface area (TPSA) is 40.5 Å². The van der Waals surface area contributed by atoms with Crippen LogP contribution in [-0.4, -0.2) is 35.6 Å². The molecule has 0 aromatic carbocycles. The Balaban J connectivity index is 0. The molecular weight excluding hydrogens is 262 g/mol. The number of hydrogen-bond donors (Lipinski definition) is 1. The van der Waals surface area contributed by atoms with Crippen LogP contribution in [0.15, 0.2) is 0 Å². The second kappa shape index (κ2) is 19.4. The summed E-state index contributed by atoms with van der Waals surface area (Å²) in [5.74, 6) is -0.682. The Morgan fingerprint density at radius 1 is 0.714 bits per heavy atom. The van der Waals surface area contributed by atoms with Crippen molar-refractivity contribution in [1.29, 1.82) is 0 Å². The molecule has 128 valence electrons. The summed E-state index contributed by atoms with van der Waals surface area (Å²) < 4.78 is 0. The van der Waals surface area contributed by atoms with Crippen LogP contribution in [0, 0.1) is 0 Å². The fourth-order valence-electron chi connectivity index (χ4n) is 2.01. The monoisotopic (exact) mass is 301 g/mol. The number of nitrogens with zero attached hydrogens (tertiary/aromatic N) is 1. The van der Waals surface area contributed by atoms with Gasteiger partial charge in [-0.25, -0.2) is 0 Å². The van der Waals surface area contributed by atoms with Crippen molar-refractivity contribution in [3.05, 3.63) is 0 Å². The molecule has 3 heteroatoms. The lowest BCUT2D eigenvalue weighted by Crippen LogP contribution is -2.27. The summed E-state index contributed by atoms with van der Waals surface area (Å²) in [5, 5.41) is 8.14. The van der Waals surface area contributed by atoms with E-state index in [1.54, 1.807) is 0 Å². The highest BCUT2D eigenvalue weighted by molar-refractivity contribution is 5.66. The van der Waals surface area contributed by atoms with Gasteiger partial charge in [-0.3, -0.25) is 4.79 Å². The molecule has 1 N–H and O–H groups in total. The minimum Gasteiger partial charge on any atom is -0.481 e. The molecular formula is C18H39NO2. The molecule has 0 aliphatic rings.